The van der Waals surface area contributed by atoms with Crippen LogP contribution < -0.4 is 15.0 Å². The third kappa shape index (κ3) is 4.16. The summed E-state index contributed by atoms with van der Waals surface area (Å²) in [6.45, 7) is 5.24. The van der Waals surface area contributed by atoms with Gasteiger partial charge in [0.15, 0.2) is 11.5 Å². The summed E-state index contributed by atoms with van der Waals surface area (Å²) in [6.07, 6.45) is 0. The molecule has 8 heteroatoms. The number of methoxy groups -OCH3 is 2. The van der Waals surface area contributed by atoms with E-state index in [0.717, 1.165) is 48.6 Å². The van der Waals surface area contributed by atoms with E-state index < -0.39 is 0 Å². The summed E-state index contributed by atoms with van der Waals surface area (Å²) in [7, 11) is 5.27. The van der Waals surface area contributed by atoms with Crippen LogP contribution in [-0.2, 0) is 13.1 Å². The molecule has 160 valence electrons. The zero-order valence-electron chi connectivity index (χ0n) is 17.6. The van der Waals surface area contributed by atoms with Gasteiger partial charge in [-0.3, -0.25) is 13.7 Å². The smallest absolute Gasteiger partial charge is 0.268 e. The molecule has 0 saturated carbocycles. The lowest BCUT2D eigenvalue weighted by Gasteiger charge is -2.32. The first-order valence-electron chi connectivity index (χ1n) is 9.96. The largest absolute Gasteiger partial charge is 0.508 e. The number of aromatic hydroxyl groups is 1. The van der Waals surface area contributed by atoms with Crippen molar-refractivity contribution in [1.29, 1.82) is 0 Å². The second-order valence-corrected chi connectivity index (χ2v) is 8.74. The minimum Gasteiger partial charge on any atom is -0.508 e. The number of ether oxygens (including phenoxy) is 2. The minimum atomic E-state index is -0.0723. The molecule has 1 N–H and O–H groups in total. The number of piperazine rings is 1. The van der Waals surface area contributed by atoms with Crippen molar-refractivity contribution >= 4 is 21.6 Å². The summed E-state index contributed by atoms with van der Waals surface area (Å²) in [6, 6.07) is 9.27. The maximum absolute atomic E-state index is 12.8. The lowest BCUT2D eigenvalue weighted by atomic mass is 10.1. The van der Waals surface area contributed by atoms with E-state index in [4.69, 9.17) is 9.47 Å². The second-order valence-electron chi connectivity index (χ2n) is 7.68. The molecule has 1 aliphatic rings. The van der Waals surface area contributed by atoms with Gasteiger partial charge in [-0.2, -0.15) is 0 Å². The van der Waals surface area contributed by atoms with Gasteiger partial charge in [-0.05, 0) is 24.7 Å². The molecule has 1 fully saturated rings. The maximum atomic E-state index is 12.8. The van der Waals surface area contributed by atoms with Crippen LogP contribution in [0.4, 0.5) is 0 Å². The van der Waals surface area contributed by atoms with Crippen molar-refractivity contribution in [3.05, 3.63) is 51.8 Å². The molecule has 2 aromatic carbocycles. The molecule has 2 heterocycles. The molecule has 0 bridgehead atoms. The zero-order valence-corrected chi connectivity index (χ0v) is 18.4. The molecule has 0 aliphatic carbocycles. The first kappa shape index (κ1) is 20.7. The Morgan fingerprint density at radius 2 is 1.70 bits per heavy atom. The van der Waals surface area contributed by atoms with Gasteiger partial charge in [0.1, 0.15) is 5.75 Å². The Labute approximate surface area is 179 Å². The number of likely N-dealkylation sites (N-methyl/N-ethyl adjacent to an activating group) is 1. The monoisotopic (exact) mass is 429 g/mol. The van der Waals surface area contributed by atoms with Crippen LogP contribution in [0.15, 0.2) is 35.1 Å². The highest BCUT2D eigenvalue weighted by molar-refractivity contribution is 7.13. The molecule has 30 heavy (non-hydrogen) atoms. The lowest BCUT2D eigenvalue weighted by Crippen LogP contribution is -2.43. The Morgan fingerprint density at radius 3 is 2.37 bits per heavy atom. The van der Waals surface area contributed by atoms with Crippen molar-refractivity contribution in [1.82, 2.24) is 13.8 Å². The zero-order chi connectivity index (χ0) is 21.3. The molecule has 0 atom stereocenters. The van der Waals surface area contributed by atoms with Crippen molar-refractivity contribution in [2.45, 2.75) is 13.1 Å². The number of aromatic nitrogens is 1. The number of phenolic OH excluding ortho intramolecular Hbond substituents is 1. The lowest BCUT2D eigenvalue weighted by molar-refractivity contribution is 0.147. The van der Waals surface area contributed by atoms with Gasteiger partial charge in [-0.15, -0.1) is 0 Å². The maximum Gasteiger partial charge on any atom is 0.268 e. The third-order valence-electron chi connectivity index (χ3n) is 5.62. The van der Waals surface area contributed by atoms with Gasteiger partial charge in [0.2, 0.25) is 0 Å². The predicted octanol–water partition coefficient (Wildman–Crippen LogP) is 2.58. The topological polar surface area (TPSA) is 67.2 Å². The van der Waals surface area contributed by atoms with Gasteiger partial charge in [-0.25, -0.2) is 0 Å². The standard InChI is InChI=1S/C22H27N3O4S/c1-23-6-8-24(9-7-23)14-16-5-4-15(10-18(16)26)13-25-22(27)17-11-19(28-2)20(29-3)12-21(17)30-25/h4-5,10-12,26H,6-9,13-14H2,1-3H3. The number of phenols is 1. The molecule has 3 aromatic rings. The van der Waals surface area contributed by atoms with Crippen molar-refractivity contribution in [2.75, 3.05) is 47.4 Å². The van der Waals surface area contributed by atoms with E-state index in [1.807, 2.05) is 18.2 Å². The van der Waals surface area contributed by atoms with Gasteiger partial charge >= 0.3 is 0 Å². The Kier molecular flexibility index (Phi) is 5.99. The Bertz CT molecular complexity index is 1100. The second kappa shape index (κ2) is 8.67. The Hall–Kier alpha value is -2.55. The van der Waals surface area contributed by atoms with Crippen LogP contribution in [-0.4, -0.2) is 66.3 Å². The molecular weight excluding hydrogens is 402 g/mol. The molecular formula is C22H27N3O4S. The van der Waals surface area contributed by atoms with Crippen molar-refractivity contribution in [2.24, 2.45) is 0 Å². The molecule has 0 unspecified atom stereocenters. The van der Waals surface area contributed by atoms with Crippen LogP contribution in [0, 0.1) is 0 Å². The fourth-order valence-corrected chi connectivity index (χ4v) is 4.79. The Balaban J connectivity index is 1.54. The first-order chi connectivity index (χ1) is 14.5. The predicted molar refractivity (Wildman–Crippen MR) is 119 cm³/mol. The van der Waals surface area contributed by atoms with E-state index in [1.54, 1.807) is 30.3 Å². The molecule has 4 rings (SSSR count). The van der Waals surface area contributed by atoms with Crippen LogP contribution >= 0.6 is 11.5 Å². The van der Waals surface area contributed by atoms with Crippen LogP contribution in [0.5, 0.6) is 17.2 Å². The highest BCUT2D eigenvalue weighted by Gasteiger charge is 2.17. The SMILES string of the molecule is COc1cc2sn(Cc3ccc(CN4CCN(C)CC4)c(O)c3)c(=O)c2cc1OC. The summed E-state index contributed by atoms with van der Waals surface area (Å²) in [4.78, 5) is 17.5. The molecule has 7 nitrogen and oxygen atoms in total. The van der Waals surface area contributed by atoms with Gasteiger partial charge in [0.25, 0.3) is 5.56 Å². The van der Waals surface area contributed by atoms with E-state index in [0.29, 0.717) is 23.4 Å². The first-order valence-corrected chi connectivity index (χ1v) is 10.7. The van der Waals surface area contributed by atoms with Gasteiger partial charge < -0.3 is 19.5 Å². The van der Waals surface area contributed by atoms with E-state index >= 15 is 0 Å². The number of nitrogens with zero attached hydrogens (tertiary/aromatic N) is 3. The van der Waals surface area contributed by atoms with E-state index in [-0.39, 0.29) is 11.3 Å². The van der Waals surface area contributed by atoms with Crippen molar-refractivity contribution in [3.8, 4) is 17.2 Å². The molecule has 0 radical (unpaired) electrons. The number of benzene rings is 2. The number of fused-ring (bicyclic) bond motifs is 1. The van der Waals surface area contributed by atoms with Crippen LogP contribution in [0.1, 0.15) is 11.1 Å². The molecule has 0 spiro atoms. The molecule has 0 amide bonds. The van der Waals surface area contributed by atoms with E-state index in [9.17, 15) is 9.90 Å². The summed E-state index contributed by atoms with van der Waals surface area (Å²) >= 11 is 1.38. The normalized spacial score (nSPS) is 15.6. The summed E-state index contributed by atoms with van der Waals surface area (Å²) < 4.78 is 13.2. The fourth-order valence-electron chi connectivity index (χ4n) is 3.76. The number of rotatable bonds is 6. The summed E-state index contributed by atoms with van der Waals surface area (Å²) in [5.74, 6) is 1.42. The number of hydrogen-bond donors (Lipinski definition) is 1. The highest BCUT2D eigenvalue weighted by atomic mass is 32.1. The molecule has 1 saturated heterocycles. The molecule has 1 aromatic heterocycles. The molecule has 1 aliphatic heterocycles. The van der Waals surface area contributed by atoms with Gasteiger partial charge in [0.05, 0.1) is 30.9 Å². The van der Waals surface area contributed by atoms with Crippen molar-refractivity contribution < 1.29 is 14.6 Å². The minimum absolute atomic E-state index is 0.0723. The average molecular weight is 430 g/mol. The van der Waals surface area contributed by atoms with Crippen LogP contribution in [0.3, 0.4) is 0 Å². The number of hydrogen-bond acceptors (Lipinski definition) is 7. The summed E-state index contributed by atoms with van der Waals surface area (Å²) in [5.41, 5.74) is 1.74. The van der Waals surface area contributed by atoms with E-state index in [1.165, 1.54) is 11.5 Å². The quantitative estimate of drug-likeness (QED) is 0.650. The van der Waals surface area contributed by atoms with Crippen LogP contribution in [0.2, 0.25) is 0 Å². The van der Waals surface area contributed by atoms with Gasteiger partial charge in [-0.1, -0.05) is 23.7 Å². The van der Waals surface area contributed by atoms with Crippen molar-refractivity contribution in [3.63, 3.8) is 0 Å². The summed E-state index contributed by atoms with van der Waals surface area (Å²) in [5, 5.41) is 11.1. The third-order valence-corrected chi connectivity index (χ3v) is 6.67. The van der Waals surface area contributed by atoms with Gasteiger partial charge in [0, 0.05) is 44.4 Å². The fraction of sp³-hybridized carbons (Fsp3) is 0.409. The highest BCUT2D eigenvalue weighted by Crippen LogP contribution is 2.33. The van der Waals surface area contributed by atoms with E-state index in [2.05, 4.69) is 16.8 Å². The Morgan fingerprint density at radius 1 is 1.00 bits per heavy atom. The average Bonchev–Trinajstić information content (AvgIpc) is 3.05. The van der Waals surface area contributed by atoms with Crippen LogP contribution in [0.25, 0.3) is 10.1 Å².